The summed E-state index contributed by atoms with van der Waals surface area (Å²) in [4.78, 5) is 24.3. The highest BCUT2D eigenvalue weighted by molar-refractivity contribution is 7.14. The highest BCUT2D eigenvalue weighted by atomic mass is 32.1. The molecule has 0 aliphatic heterocycles. The van der Waals surface area contributed by atoms with Crippen LogP contribution in [-0.4, -0.2) is 25.4 Å². The fraction of sp³-hybridized carbons (Fsp3) is 0.600. The van der Waals surface area contributed by atoms with Gasteiger partial charge in [0.25, 0.3) is 0 Å². The lowest BCUT2D eigenvalue weighted by Crippen LogP contribution is -2.44. The van der Waals surface area contributed by atoms with E-state index in [4.69, 9.17) is 0 Å². The van der Waals surface area contributed by atoms with E-state index in [1.807, 2.05) is 17.5 Å². The van der Waals surface area contributed by atoms with Gasteiger partial charge in [0.2, 0.25) is 12.3 Å². The summed E-state index contributed by atoms with van der Waals surface area (Å²) in [7, 11) is 1.74. The number of hydrogen-bond donors (Lipinski definition) is 1. The third-order valence-electron chi connectivity index (χ3n) is 2.58. The Morgan fingerprint density at radius 2 is 2.10 bits per heavy atom. The maximum absolute atomic E-state index is 12.1. The van der Waals surface area contributed by atoms with E-state index in [1.54, 1.807) is 11.9 Å². The first kappa shape index (κ1) is 18.6. The first-order valence-electron chi connectivity index (χ1n) is 7.13. The lowest BCUT2D eigenvalue weighted by atomic mass is 10.1. The Balaban J connectivity index is 0.00000110. The molecule has 1 rings (SSSR count). The van der Waals surface area contributed by atoms with Gasteiger partial charge in [-0.25, -0.2) is 0 Å². The van der Waals surface area contributed by atoms with Gasteiger partial charge in [-0.1, -0.05) is 40.0 Å². The molecule has 0 fully saturated rings. The Labute approximate surface area is 126 Å². The highest BCUT2D eigenvalue weighted by Crippen LogP contribution is 2.20. The Bertz CT molecular complexity index is 366. The maximum Gasteiger partial charge on any atom is 0.249 e. The molecule has 1 atom stereocenters. The number of hydrogen-bond acceptors (Lipinski definition) is 3. The number of carbonyl (C=O) groups is 2. The molecule has 0 aliphatic carbocycles. The van der Waals surface area contributed by atoms with E-state index >= 15 is 0 Å². The Hall–Kier alpha value is -1.36. The minimum Gasteiger partial charge on any atom is -0.347 e. The zero-order chi connectivity index (χ0) is 15.4. The molecule has 0 bridgehead atoms. The molecule has 0 spiro atoms. The average Bonchev–Trinajstić information content (AvgIpc) is 2.97. The van der Waals surface area contributed by atoms with Gasteiger partial charge in [-0.15, -0.1) is 11.3 Å². The Kier molecular flexibility index (Phi) is 10.7. The molecule has 1 aromatic rings. The SMILES string of the molecule is CCC.CCCCC(NC=O)C(=O)N(C)c1cccs1. The minimum absolute atomic E-state index is 0.0620. The quantitative estimate of drug-likeness (QED) is 0.784. The molecule has 0 aliphatic rings. The van der Waals surface area contributed by atoms with Crippen LogP contribution >= 0.6 is 11.3 Å². The van der Waals surface area contributed by atoms with Crippen LogP contribution in [0.25, 0.3) is 0 Å². The van der Waals surface area contributed by atoms with E-state index in [0.29, 0.717) is 12.8 Å². The van der Waals surface area contributed by atoms with Crippen molar-refractivity contribution in [3.63, 3.8) is 0 Å². The number of rotatable bonds is 7. The zero-order valence-corrected chi connectivity index (χ0v) is 13.7. The fourth-order valence-electron chi connectivity index (χ4n) is 1.57. The van der Waals surface area contributed by atoms with Gasteiger partial charge in [0, 0.05) is 7.05 Å². The molecule has 0 radical (unpaired) electrons. The lowest BCUT2D eigenvalue weighted by molar-refractivity contribution is -0.123. The largest absolute Gasteiger partial charge is 0.347 e. The summed E-state index contributed by atoms with van der Waals surface area (Å²) >= 11 is 1.51. The summed E-state index contributed by atoms with van der Waals surface area (Å²) in [5.41, 5.74) is 0. The van der Waals surface area contributed by atoms with E-state index in [-0.39, 0.29) is 5.91 Å². The molecular formula is C15H26N2O2S. The number of anilines is 1. The van der Waals surface area contributed by atoms with Crippen LogP contribution in [0.1, 0.15) is 46.5 Å². The third kappa shape index (κ3) is 6.70. The van der Waals surface area contributed by atoms with Gasteiger partial charge >= 0.3 is 0 Å². The second-order valence-electron chi connectivity index (χ2n) is 4.53. The summed E-state index contributed by atoms with van der Waals surface area (Å²) in [6, 6.07) is 3.37. The van der Waals surface area contributed by atoms with Gasteiger partial charge in [0.1, 0.15) is 6.04 Å². The molecule has 1 aromatic heterocycles. The standard InChI is InChI=1S/C12H18N2O2S.C3H8/c1-3-4-6-10(13-9-15)12(16)14(2)11-7-5-8-17-11;1-3-2/h5,7-10H,3-4,6H2,1-2H3,(H,13,15);3H2,1-2H3. The maximum atomic E-state index is 12.1. The minimum atomic E-state index is -0.417. The molecule has 0 saturated heterocycles. The van der Waals surface area contributed by atoms with Crippen molar-refractivity contribution in [2.75, 3.05) is 11.9 Å². The van der Waals surface area contributed by atoms with Crippen molar-refractivity contribution in [2.45, 2.75) is 52.5 Å². The first-order valence-corrected chi connectivity index (χ1v) is 8.00. The van der Waals surface area contributed by atoms with Crippen molar-refractivity contribution in [2.24, 2.45) is 0 Å². The molecule has 0 aromatic carbocycles. The smallest absolute Gasteiger partial charge is 0.249 e. The lowest BCUT2D eigenvalue weighted by Gasteiger charge is -2.22. The number of unbranched alkanes of at least 4 members (excludes halogenated alkanes) is 1. The van der Waals surface area contributed by atoms with E-state index in [2.05, 4.69) is 26.1 Å². The van der Waals surface area contributed by atoms with Gasteiger partial charge in [-0.2, -0.15) is 0 Å². The van der Waals surface area contributed by atoms with Crippen molar-refractivity contribution in [3.05, 3.63) is 17.5 Å². The van der Waals surface area contributed by atoms with Crippen LogP contribution < -0.4 is 10.2 Å². The number of thiophene rings is 1. The van der Waals surface area contributed by atoms with Crippen LogP contribution in [0.5, 0.6) is 0 Å². The highest BCUT2D eigenvalue weighted by Gasteiger charge is 2.22. The molecule has 4 nitrogen and oxygen atoms in total. The van der Waals surface area contributed by atoms with Crippen LogP contribution in [0.2, 0.25) is 0 Å². The van der Waals surface area contributed by atoms with Crippen molar-refractivity contribution in [3.8, 4) is 0 Å². The summed E-state index contributed by atoms with van der Waals surface area (Å²) in [6.45, 7) is 6.31. The summed E-state index contributed by atoms with van der Waals surface area (Å²) in [5.74, 6) is -0.0620. The normalized spacial score (nSPS) is 11.0. The van der Waals surface area contributed by atoms with Gasteiger partial charge in [-0.05, 0) is 23.9 Å². The Morgan fingerprint density at radius 1 is 1.45 bits per heavy atom. The van der Waals surface area contributed by atoms with Crippen molar-refractivity contribution >= 4 is 28.7 Å². The van der Waals surface area contributed by atoms with Crippen LogP contribution in [0.4, 0.5) is 5.00 Å². The van der Waals surface area contributed by atoms with E-state index in [9.17, 15) is 9.59 Å². The van der Waals surface area contributed by atoms with E-state index < -0.39 is 6.04 Å². The average molecular weight is 298 g/mol. The molecule has 114 valence electrons. The van der Waals surface area contributed by atoms with Crippen molar-refractivity contribution in [1.82, 2.24) is 5.32 Å². The number of carbonyl (C=O) groups excluding carboxylic acids is 2. The monoisotopic (exact) mass is 298 g/mol. The number of amides is 2. The van der Waals surface area contributed by atoms with Crippen molar-refractivity contribution < 1.29 is 9.59 Å². The number of nitrogens with one attached hydrogen (secondary N) is 1. The summed E-state index contributed by atoms with van der Waals surface area (Å²) < 4.78 is 0. The second kappa shape index (κ2) is 11.5. The predicted octanol–water partition coefficient (Wildman–Crippen LogP) is 3.43. The molecule has 0 saturated carbocycles. The van der Waals surface area contributed by atoms with Gasteiger partial charge in [0.05, 0.1) is 5.00 Å². The zero-order valence-electron chi connectivity index (χ0n) is 12.9. The molecule has 5 heteroatoms. The predicted molar refractivity (Wildman–Crippen MR) is 86.2 cm³/mol. The molecular weight excluding hydrogens is 272 g/mol. The molecule has 1 N–H and O–H groups in total. The number of likely N-dealkylation sites (N-methyl/N-ethyl adjacent to an activating group) is 1. The second-order valence-corrected chi connectivity index (χ2v) is 5.46. The van der Waals surface area contributed by atoms with Crippen LogP contribution in [0, 0.1) is 0 Å². The van der Waals surface area contributed by atoms with Crippen LogP contribution in [-0.2, 0) is 9.59 Å². The van der Waals surface area contributed by atoms with Crippen LogP contribution in [0.3, 0.4) is 0 Å². The summed E-state index contributed by atoms with van der Waals surface area (Å²) in [6.07, 6.45) is 4.47. The molecule has 2 amide bonds. The van der Waals surface area contributed by atoms with Crippen LogP contribution in [0.15, 0.2) is 17.5 Å². The molecule has 20 heavy (non-hydrogen) atoms. The molecule has 1 unspecified atom stereocenters. The Morgan fingerprint density at radius 3 is 2.55 bits per heavy atom. The first-order chi connectivity index (χ1) is 9.62. The van der Waals surface area contributed by atoms with Gasteiger partial charge in [0.15, 0.2) is 0 Å². The third-order valence-corrected chi connectivity index (χ3v) is 3.53. The van der Waals surface area contributed by atoms with Crippen molar-refractivity contribution in [1.29, 1.82) is 0 Å². The van der Waals surface area contributed by atoms with E-state index in [1.165, 1.54) is 17.8 Å². The van der Waals surface area contributed by atoms with Gasteiger partial charge < -0.3 is 10.2 Å². The van der Waals surface area contributed by atoms with Gasteiger partial charge in [-0.3, -0.25) is 9.59 Å². The van der Waals surface area contributed by atoms with E-state index in [0.717, 1.165) is 17.8 Å². The topological polar surface area (TPSA) is 49.4 Å². The molecule has 1 heterocycles. The summed E-state index contributed by atoms with van der Waals surface area (Å²) in [5, 5.41) is 5.41. The number of nitrogens with zero attached hydrogens (tertiary/aromatic N) is 1. The fourth-order valence-corrected chi connectivity index (χ4v) is 2.27.